The van der Waals surface area contributed by atoms with Crippen LogP contribution in [0.5, 0.6) is 5.75 Å². The Bertz CT molecular complexity index is 1370. The van der Waals surface area contributed by atoms with E-state index in [4.69, 9.17) is 32.4 Å². The van der Waals surface area contributed by atoms with Crippen LogP contribution in [0, 0.1) is 0 Å². The highest BCUT2D eigenvalue weighted by atomic mass is 35.5. The van der Waals surface area contributed by atoms with Gasteiger partial charge in [-0.15, -0.1) is 0 Å². The Morgan fingerprint density at radius 1 is 1.21 bits per heavy atom. The largest absolute Gasteiger partial charge is 0.464 e. The van der Waals surface area contributed by atoms with E-state index in [9.17, 15) is 13.2 Å². The fraction of sp³-hybridized carbons (Fsp3) is 0.261. The standard InChI is InChI=1S/C23H24Cl2N2O5S/c1-5-31-21-12-20-15(11-18(21)24)17(13-27(3)4)16(23(28)32-20)10-14-8-7-9-19(22(14)25)26-33(29,30)6-2/h5,7-9,11-12,26H,1,6,10,13H2,2-4H3. The molecule has 0 aliphatic carbocycles. The first kappa shape index (κ1) is 25.1. The molecular formula is C23H24Cl2N2O5S. The zero-order chi connectivity index (χ0) is 24.3. The Kier molecular flexibility index (Phi) is 7.74. The number of anilines is 1. The van der Waals surface area contributed by atoms with E-state index < -0.39 is 15.6 Å². The highest BCUT2D eigenvalue weighted by Crippen LogP contribution is 2.34. The van der Waals surface area contributed by atoms with Gasteiger partial charge in [-0.3, -0.25) is 4.72 Å². The summed E-state index contributed by atoms with van der Waals surface area (Å²) in [6.45, 7) is 5.49. The second kappa shape index (κ2) is 10.2. The Morgan fingerprint density at radius 2 is 1.94 bits per heavy atom. The van der Waals surface area contributed by atoms with Gasteiger partial charge >= 0.3 is 5.63 Å². The van der Waals surface area contributed by atoms with Crippen molar-refractivity contribution in [2.24, 2.45) is 0 Å². The van der Waals surface area contributed by atoms with Crippen LogP contribution in [-0.4, -0.2) is 33.2 Å². The van der Waals surface area contributed by atoms with Crippen LogP contribution in [0.2, 0.25) is 10.0 Å². The number of ether oxygens (including phenoxy) is 1. The third-order valence-corrected chi connectivity index (χ3v) is 6.98. The first-order valence-electron chi connectivity index (χ1n) is 10.0. The Labute approximate surface area is 202 Å². The van der Waals surface area contributed by atoms with Crippen LogP contribution in [0.4, 0.5) is 5.69 Å². The number of rotatable bonds is 9. The predicted octanol–water partition coefficient (Wildman–Crippen LogP) is 5.04. The van der Waals surface area contributed by atoms with Gasteiger partial charge in [0.05, 0.1) is 27.7 Å². The van der Waals surface area contributed by atoms with Gasteiger partial charge in [0.2, 0.25) is 10.0 Å². The van der Waals surface area contributed by atoms with Crippen molar-refractivity contribution in [3.63, 3.8) is 0 Å². The molecule has 3 rings (SSSR count). The average Bonchev–Trinajstić information content (AvgIpc) is 2.74. The zero-order valence-corrected chi connectivity index (χ0v) is 20.8. The Balaban J connectivity index is 2.17. The molecule has 2 aromatic carbocycles. The molecule has 0 fully saturated rings. The third kappa shape index (κ3) is 5.70. The molecule has 33 heavy (non-hydrogen) atoms. The highest BCUT2D eigenvalue weighted by molar-refractivity contribution is 7.92. The minimum Gasteiger partial charge on any atom is -0.464 e. The molecule has 0 radical (unpaired) electrons. The maximum Gasteiger partial charge on any atom is 0.340 e. The van der Waals surface area contributed by atoms with Crippen LogP contribution in [0.25, 0.3) is 11.0 Å². The van der Waals surface area contributed by atoms with Crippen molar-refractivity contribution in [2.75, 3.05) is 24.6 Å². The van der Waals surface area contributed by atoms with Crippen molar-refractivity contribution in [3.8, 4) is 5.75 Å². The molecule has 0 aliphatic rings. The molecule has 0 amide bonds. The minimum atomic E-state index is -3.51. The first-order valence-corrected chi connectivity index (χ1v) is 12.4. The molecule has 176 valence electrons. The molecule has 0 saturated heterocycles. The fourth-order valence-corrected chi connectivity index (χ4v) is 4.54. The van der Waals surface area contributed by atoms with Crippen molar-refractivity contribution in [1.29, 1.82) is 0 Å². The Hall–Kier alpha value is -2.52. The lowest BCUT2D eigenvalue weighted by Crippen LogP contribution is -2.19. The molecule has 0 spiro atoms. The summed E-state index contributed by atoms with van der Waals surface area (Å²) in [7, 11) is 0.252. The van der Waals surface area contributed by atoms with E-state index in [-0.39, 0.29) is 22.9 Å². The van der Waals surface area contributed by atoms with Gasteiger partial charge in [0.15, 0.2) is 0 Å². The summed E-state index contributed by atoms with van der Waals surface area (Å²) >= 11 is 12.9. The second-order valence-corrected chi connectivity index (χ2v) is 10.4. The SMILES string of the molecule is C=COc1cc2oc(=O)c(Cc3cccc(NS(=O)(=O)CC)c3Cl)c(CN(C)C)c2cc1Cl. The molecule has 1 N–H and O–H groups in total. The average molecular weight is 511 g/mol. The first-order chi connectivity index (χ1) is 15.6. The maximum atomic E-state index is 13.0. The number of hydrogen-bond acceptors (Lipinski definition) is 6. The lowest BCUT2D eigenvalue weighted by atomic mass is 9.97. The fourth-order valence-electron chi connectivity index (χ4n) is 3.38. The van der Waals surface area contributed by atoms with Crippen LogP contribution < -0.4 is 15.1 Å². The number of benzene rings is 2. The second-order valence-electron chi connectivity index (χ2n) is 7.61. The van der Waals surface area contributed by atoms with Crippen molar-refractivity contribution in [3.05, 3.63) is 80.3 Å². The molecule has 0 atom stereocenters. The molecule has 0 saturated carbocycles. The van der Waals surface area contributed by atoms with E-state index in [1.54, 1.807) is 30.3 Å². The summed E-state index contributed by atoms with van der Waals surface area (Å²) < 4.78 is 37.4. The van der Waals surface area contributed by atoms with Gasteiger partial charge in [-0.25, -0.2) is 13.2 Å². The molecule has 7 nitrogen and oxygen atoms in total. The zero-order valence-electron chi connectivity index (χ0n) is 18.4. The van der Waals surface area contributed by atoms with E-state index in [1.807, 2.05) is 19.0 Å². The van der Waals surface area contributed by atoms with Gasteiger partial charge in [-0.1, -0.05) is 41.9 Å². The summed E-state index contributed by atoms with van der Waals surface area (Å²) in [4.78, 5) is 15.0. The van der Waals surface area contributed by atoms with Gasteiger partial charge < -0.3 is 14.1 Å². The van der Waals surface area contributed by atoms with E-state index in [2.05, 4.69) is 11.3 Å². The summed E-state index contributed by atoms with van der Waals surface area (Å²) in [5, 5.41) is 1.23. The molecule has 10 heteroatoms. The number of sulfonamides is 1. The number of fused-ring (bicyclic) bond motifs is 1. The normalized spacial score (nSPS) is 11.7. The molecule has 0 unspecified atom stereocenters. The van der Waals surface area contributed by atoms with Gasteiger partial charge in [0.1, 0.15) is 11.3 Å². The Morgan fingerprint density at radius 3 is 2.58 bits per heavy atom. The third-order valence-electron chi connectivity index (χ3n) is 4.95. The van der Waals surface area contributed by atoms with Gasteiger partial charge in [-0.2, -0.15) is 0 Å². The molecular weight excluding hydrogens is 487 g/mol. The molecule has 1 aromatic heterocycles. The van der Waals surface area contributed by atoms with E-state index >= 15 is 0 Å². The smallest absolute Gasteiger partial charge is 0.340 e. The van der Waals surface area contributed by atoms with Crippen molar-refractivity contribution >= 4 is 49.9 Å². The van der Waals surface area contributed by atoms with Crippen molar-refractivity contribution < 1.29 is 17.6 Å². The number of hydrogen-bond donors (Lipinski definition) is 1. The minimum absolute atomic E-state index is 0.0902. The van der Waals surface area contributed by atoms with E-state index in [1.165, 1.54) is 13.2 Å². The van der Waals surface area contributed by atoms with E-state index in [0.29, 0.717) is 39.4 Å². The predicted molar refractivity (Wildman–Crippen MR) is 133 cm³/mol. The molecule has 0 bridgehead atoms. The van der Waals surface area contributed by atoms with Crippen LogP contribution in [-0.2, 0) is 23.0 Å². The van der Waals surface area contributed by atoms with Crippen LogP contribution in [0.1, 0.15) is 23.6 Å². The lowest BCUT2D eigenvalue weighted by Gasteiger charge is -2.17. The highest BCUT2D eigenvalue weighted by Gasteiger charge is 2.20. The van der Waals surface area contributed by atoms with Crippen molar-refractivity contribution in [2.45, 2.75) is 19.9 Å². The molecule has 1 heterocycles. The number of halogens is 2. The maximum absolute atomic E-state index is 13.0. The van der Waals surface area contributed by atoms with Crippen molar-refractivity contribution in [1.82, 2.24) is 4.90 Å². The van der Waals surface area contributed by atoms with E-state index in [0.717, 1.165) is 5.56 Å². The van der Waals surface area contributed by atoms with Crippen LogP contribution in [0.15, 0.2) is 52.4 Å². The summed E-state index contributed by atoms with van der Waals surface area (Å²) in [6.07, 6.45) is 1.38. The summed E-state index contributed by atoms with van der Waals surface area (Å²) in [5.41, 5.74) is 1.78. The van der Waals surface area contributed by atoms with Gasteiger partial charge in [0, 0.05) is 30.0 Å². The number of nitrogens with one attached hydrogen (secondary N) is 1. The lowest BCUT2D eigenvalue weighted by molar-refractivity contribution is 0.400. The topological polar surface area (TPSA) is 88.8 Å². The number of nitrogens with zero attached hydrogens (tertiary/aromatic N) is 1. The van der Waals surface area contributed by atoms with Crippen LogP contribution >= 0.6 is 23.2 Å². The van der Waals surface area contributed by atoms with Gasteiger partial charge in [-0.05, 0) is 44.3 Å². The summed E-state index contributed by atoms with van der Waals surface area (Å²) in [5.74, 6) is 0.234. The van der Waals surface area contributed by atoms with Crippen LogP contribution in [0.3, 0.4) is 0 Å². The summed E-state index contributed by atoms with van der Waals surface area (Å²) in [6, 6.07) is 8.23. The van der Waals surface area contributed by atoms with Gasteiger partial charge in [0.25, 0.3) is 0 Å². The monoisotopic (exact) mass is 510 g/mol. The quantitative estimate of drug-likeness (QED) is 0.320. The molecule has 3 aromatic rings. The molecule has 0 aliphatic heterocycles.